The second-order valence-corrected chi connectivity index (χ2v) is 4.96. The van der Waals surface area contributed by atoms with Crippen molar-refractivity contribution in [3.63, 3.8) is 0 Å². The van der Waals surface area contributed by atoms with E-state index >= 15 is 0 Å². The minimum Gasteiger partial charge on any atom is -0.265 e. The molecule has 3 aromatic rings. The molecule has 0 aliphatic rings. The highest BCUT2D eigenvalue weighted by Crippen LogP contribution is 2.24. The lowest BCUT2D eigenvalue weighted by Crippen LogP contribution is -2.10. The van der Waals surface area contributed by atoms with E-state index in [2.05, 4.69) is 9.97 Å². The third-order valence-electron chi connectivity index (χ3n) is 3.41. The molecule has 0 fully saturated rings. The van der Waals surface area contributed by atoms with Crippen molar-refractivity contribution in [1.82, 2.24) is 9.97 Å². The summed E-state index contributed by atoms with van der Waals surface area (Å²) in [6, 6.07) is 17.6. The molecule has 3 heteroatoms. The van der Waals surface area contributed by atoms with Crippen molar-refractivity contribution in [2.24, 2.45) is 0 Å². The molecule has 3 nitrogen and oxygen atoms in total. The van der Waals surface area contributed by atoms with Crippen molar-refractivity contribution in [3.8, 4) is 11.3 Å². The number of hydrogen-bond donors (Lipinski definition) is 0. The molecular weight excluding hydrogens is 260 g/mol. The Morgan fingerprint density at radius 1 is 0.905 bits per heavy atom. The van der Waals surface area contributed by atoms with Gasteiger partial charge in [0.15, 0.2) is 0 Å². The predicted molar refractivity (Wildman–Crippen MR) is 85.2 cm³/mol. The number of para-hydroxylation sites is 1. The van der Waals surface area contributed by atoms with Gasteiger partial charge >= 0.3 is 0 Å². The second kappa shape index (κ2) is 5.83. The van der Waals surface area contributed by atoms with E-state index in [1.54, 1.807) is 0 Å². The Morgan fingerprint density at radius 2 is 1.62 bits per heavy atom. The number of fused-ring (bicyclic) bond motifs is 1. The normalized spacial score (nSPS) is 10.7. The summed E-state index contributed by atoms with van der Waals surface area (Å²) in [7, 11) is 0. The Morgan fingerprint density at radius 3 is 2.38 bits per heavy atom. The molecule has 0 atom stereocenters. The SMILES string of the molecule is CCCc1nc(-c2ccccc2)c2ccccc2nc1=O. The summed E-state index contributed by atoms with van der Waals surface area (Å²) in [5.74, 6) is 0. The maximum Gasteiger partial charge on any atom is 0.291 e. The fraction of sp³-hybridized carbons (Fsp3) is 0.167. The van der Waals surface area contributed by atoms with Crippen LogP contribution in [0.5, 0.6) is 0 Å². The van der Waals surface area contributed by atoms with Crippen molar-refractivity contribution < 1.29 is 0 Å². The Bertz CT molecular complexity index is 829. The Hall–Kier alpha value is -2.55. The van der Waals surface area contributed by atoms with Gasteiger partial charge in [-0.15, -0.1) is 0 Å². The minimum atomic E-state index is -0.227. The summed E-state index contributed by atoms with van der Waals surface area (Å²) in [6.07, 6.45) is 1.52. The van der Waals surface area contributed by atoms with Gasteiger partial charge in [-0.1, -0.05) is 61.9 Å². The molecule has 0 unspecified atom stereocenters. The van der Waals surface area contributed by atoms with Gasteiger partial charge in [-0.05, 0) is 12.5 Å². The highest BCUT2D eigenvalue weighted by Gasteiger charge is 2.09. The van der Waals surface area contributed by atoms with Crippen molar-refractivity contribution in [3.05, 3.63) is 70.6 Å². The van der Waals surface area contributed by atoms with E-state index in [1.807, 2.05) is 61.5 Å². The lowest BCUT2D eigenvalue weighted by molar-refractivity contribution is 0.870. The van der Waals surface area contributed by atoms with Gasteiger partial charge in [0.1, 0.15) is 5.69 Å². The van der Waals surface area contributed by atoms with Crippen LogP contribution < -0.4 is 5.56 Å². The van der Waals surface area contributed by atoms with Crippen LogP contribution >= 0.6 is 0 Å². The molecule has 0 bridgehead atoms. The Balaban J connectivity index is 2.41. The van der Waals surface area contributed by atoms with Gasteiger partial charge in [0.25, 0.3) is 5.56 Å². The summed E-state index contributed by atoms with van der Waals surface area (Å²) in [6.45, 7) is 2.04. The minimum absolute atomic E-state index is 0.227. The van der Waals surface area contributed by atoms with Gasteiger partial charge < -0.3 is 0 Å². The molecule has 0 aliphatic heterocycles. The highest BCUT2D eigenvalue weighted by atomic mass is 16.1. The van der Waals surface area contributed by atoms with Crippen LogP contribution in [0.3, 0.4) is 0 Å². The monoisotopic (exact) mass is 276 g/mol. The molecule has 0 spiro atoms. The lowest BCUT2D eigenvalue weighted by atomic mass is 10.1. The maximum atomic E-state index is 12.2. The zero-order chi connectivity index (χ0) is 14.7. The highest BCUT2D eigenvalue weighted by molar-refractivity contribution is 5.91. The molecule has 0 N–H and O–H groups in total. The van der Waals surface area contributed by atoms with Crippen LogP contribution in [-0.4, -0.2) is 9.97 Å². The van der Waals surface area contributed by atoms with E-state index < -0.39 is 0 Å². The standard InChI is InChI=1S/C18H16N2O/c1-2-8-16-18(21)20-15-12-7-6-11-14(15)17(19-16)13-9-4-3-5-10-13/h3-7,9-12H,2,8H2,1H3. The largest absolute Gasteiger partial charge is 0.291 e. The van der Waals surface area contributed by atoms with Gasteiger partial charge in [-0.2, -0.15) is 0 Å². The second-order valence-electron chi connectivity index (χ2n) is 4.96. The van der Waals surface area contributed by atoms with E-state index in [1.165, 1.54) is 0 Å². The fourth-order valence-electron chi connectivity index (χ4n) is 2.40. The predicted octanol–water partition coefficient (Wildman–Crippen LogP) is 3.61. The van der Waals surface area contributed by atoms with Crippen LogP contribution in [0.15, 0.2) is 59.4 Å². The van der Waals surface area contributed by atoms with E-state index in [0.717, 1.165) is 23.1 Å². The molecule has 1 heterocycles. The molecule has 1 aromatic heterocycles. The molecule has 0 saturated heterocycles. The van der Waals surface area contributed by atoms with Crippen molar-refractivity contribution in [2.75, 3.05) is 0 Å². The maximum absolute atomic E-state index is 12.2. The summed E-state index contributed by atoms with van der Waals surface area (Å²) in [5, 5.41) is 0.906. The van der Waals surface area contributed by atoms with Crippen LogP contribution in [0.2, 0.25) is 0 Å². The smallest absolute Gasteiger partial charge is 0.265 e. The van der Waals surface area contributed by atoms with E-state index in [9.17, 15) is 4.79 Å². The van der Waals surface area contributed by atoms with E-state index in [4.69, 9.17) is 0 Å². The average molecular weight is 276 g/mol. The Labute approximate surface area is 123 Å². The summed E-state index contributed by atoms with van der Waals surface area (Å²) < 4.78 is 0. The van der Waals surface area contributed by atoms with Gasteiger partial charge in [0.2, 0.25) is 0 Å². The number of hydrogen-bond acceptors (Lipinski definition) is 3. The van der Waals surface area contributed by atoms with Crippen molar-refractivity contribution in [1.29, 1.82) is 0 Å². The average Bonchev–Trinajstić information content (AvgIpc) is 2.66. The number of aryl methyl sites for hydroxylation is 1. The first-order chi connectivity index (χ1) is 10.3. The first-order valence-corrected chi connectivity index (χ1v) is 7.15. The van der Waals surface area contributed by atoms with E-state index in [0.29, 0.717) is 17.6 Å². The van der Waals surface area contributed by atoms with Gasteiger partial charge in [0.05, 0.1) is 11.2 Å². The van der Waals surface area contributed by atoms with Crippen LogP contribution in [0.4, 0.5) is 0 Å². The molecule has 0 radical (unpaired) electrons. The van der Waals surface area contributed by atoms with Gasteiger partial charge in [-0.3, -0.25) is 4.79 Å². The number of benzene rings is 2. The lowest BCUT2D eigenvalue weighted by Gasteiger charge is -2.02. The third kappa shape index (κ3) is 2.68. The van der Waals surface area contributed by atoms with Crippen LogP contribution in [-0.2, 0) is 6.42 Å². The molecule has 104 valence electrons. The van der Waals surface area contributed by atoms with Crippen LogP contribution in [0.1, 0.15) is 19.0 Å². The zero-order valence-corrected chi connectivity index (χ0v) is 11.9. The molecule has 0 amide bonds. The quantitative estimate of drug-likeness (QED) is 0.734. The van der Waals surface area contributed by atoms with Crippen molar-refractivity contribution in [2.45, 2.75) is 19.8 Å². The summed E-state index contributed by atoms with van der Waals surface area (Å²) >= 11 is 0. The molecule has 2 aromatic carbocycles. The molecule has 0 aliphatic carbocycles. The van der Waals surface area contributed by atoms with E-state index in [-0.39, 0.29) is 5.56 Å². The van der Waals surface area contributed by atoms with Gasteiger partial charge in [0, 0.05) is 10.9 Å². The van der Waals surface area contributed by atoms with Crippen LogP contribution in [0, 0.1) is 0 Å². The fourth-order valence-corrected chi connectivity index (χ4v) is 2.40. The first-order valence-electron chi connectivity index (χ1n) is 7.15. The summed E-state index contributed by atoms with van der Waals surface area (Å²) in [4.78, 5) is 21.1. The van der Waals surface area contributed by atoms with Gasteiger partial charge in [-0.25, -0.2) is 9.97 Å². The topological polar surface area (TPSA) is 42.9 Å². The zero-order valence-electron chi connectivity index (χ0n) is 11.9. The number of aromatic nitrogens is 2. The molecule has 21 heavy (non-hydrogen) atoms. The first kappa shape index (κ1) is 13.4. The molecule has 3 rings (SSSR count). The Kier molecular flexibility index (Phi) is 3.73. The summed E-state index contributed by atoms with van der Waals surface area (Å²) in [5.41, 5.74) is 2.83. The molecular formula is C18H16N2O. The number of nitrogens with zero attached hydrogens (tertiary/aromatic N) is 2. The van der Waals surface area contributed by atoms with Crippen molar-refractivity contribution >= 4 is 10.9 Å². The number of rotatable bonds is 3. The van der Waals surface area contributed by atoms with Crippen LogP contribution in [0.25, 0.3) is 22.2 Å². The molecule has 0 saturated carbocycles. The third-order valence-corrected chi connectivity index (χ3v) is 3.41.